The predicted octanol–water partition coefficient (Wildman–Crippen LogP) is 4.59. The number of nitriles is 1. The van der Waals surface area contributed by atoms with Gasteiger partial charge in [0.05, 0.1) is 35.1 Å². The van der Waals surface area contributed by atoms with E-state index in [1.165, 1.54) is 0 Å². The maximum atomic E-state index is 13.9. The van der Waals surface area contributed by atoms with Crippen molar-refractivity contribution in [3.63, 3.8) is 0 Å². The van der Waals surface area contributed by atoms with E-state index >= 15 is 0 Å². The summed E-state index contributed by atoms with van der Waals surface area (Å²) in [6, 6.07) is 20.0. The number of nitrogens with zero attached hydrogens (tertiary/aromatic N) is 4. The molecule has 3 heterocycles. The minimum absolute atomic E-state index is 0. The number of thiophene rings is 1. The maximum Gasteiger partial charge on any atom is 0.243 e. The number of hydrogen-bond donors (Lipinski definition) is 1. The molecule has 0 saturated heterocycles. The van der Waals surface area contributed by atoms with Gasteiger partial charge in [-0.25, -0.2) is 13.4 Å². The number of benzene rings is 2. The number of sulfonamides is 1. The van der Waals surface area contributed by atoms with Crippen molar-refractivity contribution < 1.29 is 8.42 Å². The molecule has 4 aromatic rings. The summed E-state index contributed by atoms with van der Waals surface area (Å²) in [7, 11) is -3.78. The average molecular weight is 526 g/mol. The van der Waals surface area contributed by atoms with Crippen LogP contribution in [-0.2, 0) is 29.5 Å². The molecule has 2 aromatic heterocycles. The van der Waals surface area contributed by atoms with Gasteiger partial charge in [-0.2, -0.15) is 9.57 Å². The fourth-order valence-corrected chi connectivity index (χ4v) is 6.79. The lowest BCUT2D eigenvalue weighted by atomic mass is 10.1. The highest BCUT2D eigenvalue weighted by Crippen LogP contribution is 2.34. The van der Waals surface area contributed by atoms with Crippen LogP contribution in [0.3, 0.4) is 0 Å². The number of aromatic nitrogens is 2. The molecule has 10 heteroatoms. The summed E-state index contributed by atoms with van der Waals surface area (Å²) in [6.07, 6.45) is 4.02. The molecule has 1 aliphatic heterocycles. The molecule has 1 atom stereocenters. The second-order valence-electron chi connectivity index (χ2n) is 8.21. The normalized spacial score (nSPS) is 16.1. The van der Waals surface area contributed by atoms with Crippen molar-refractivity contribution in [3.05, 3.63) is 100 Å². The van der Waals surface area contributed by atoms with E-state index in [1.807, 2.05) is 29.6 Å². The number of imidazole rings is 1. The summed E-state index contributed by atoms with van der Waals surface area (Å²) in [4.78, 5) is 10.9. The second-order valence-corrected chi connectivity index (χ2v) is 11.1. The molecule has 2 aromatic carbocycles. The topological polar surface area (TPSA) is 93.1 Å². The Balaban J connectivity index is 0.00000289. The van der Waals surface area contributed by atoms with Gasteiger partial charge in [-0.1, -0.05) is 24.3 Å². The van der Waals surface area contributed by atoms with Crippen LogP contribution < -0.4 is 4.90 Å². The van der Waals surface area contributed by atoms with Crippen molar-refractivity contribution in [3.8, 4) is 6.07 Å². The molecular weight excluding hydrogens is 502 g/mol. The van der Waals surface area contributed by atoms with Gasteiger partial charge in [0.15, 0.2) is 0 Å². The van der Waals surface area contributed by atoms with Crippen LogP contribution in [0.15, 0.2) is 83.5 Å². The Hall–Kier alpha value is -3.16. The minimum Gasteiger partial charge on any atom is -0.364 e. The van der Waals surface area contributed by atoms with Crippen LogP contribution in [0, 0.1) is 11.3 Å². The molecule has 0 amide bonds. The highest BCUT2D eigenvalue weighted by Gasteiger charge is 2.36. The smallest absolute Gasteiger partial charge is 0.243 e. The van der Waals surface area contributed by atoms with Crippen molar-refractivity contribution in [2.75, 3.05) is 11.4 Å². The fourth-order valence-electron chi connectivity index (χ4n) is 4.39. The molecule has 0 unspecified atom stereocenters. The van der Waals surface area contributed by atoms with E-state index in [1.54, 1.807) is 64.6 Å². The van der Waals surface area contributed by atoms with E-state index in [9.17, 15) is 13.7 Å². The number of hydrogen-bond acceptors (Lipinski definition) is 6. The average Bonchev–Trinajstić information content (AvgIpc) is 3.54. The largest absolute Gasteiger partial charge is 0.364 e. The van der Waals surface area contributed by atoms with Crippen molar-refractivity contribution in [2.24, 2.45) is 0 Å². The highest BCUT2D eigenvalue weighted by atomic mass is 35.5. The van der Waals surface area contributed by atoms with E-state index in [2.05, 4.69) is 20.9 Å². The SMILES string of the molecule is Cl.N#Cc1ccc2c(c1)CN(S(=O)(=O)c1ccccc1)[C@H](Cc1cccs1)CN2Cc1cnc[nH]1. The molecule has 180 valence electrons. The summed E-state index contributed by atoms with van der Waals surface area (Å²) in [5.41, 5.74) is 3.18. The molecule has 0 fully saturated rings. The van der Waals surface area contributed by atoms with Crippen LogP contribution in [0.1, 0.15) is 21.7 Å². The van der Waals surface area contributed by atoms with Gasteiger partial charge in [-0.05, 0) is 47.3 Å². The Morgan fingerprint density at radius 2 is 1.97 bits per heavy atom. The Labute approximate surface area is 215 Å². The van der Waals surface area contributed by atoms with Crippen LogP contribution >= 0.6 is 23.7 Å². The number of H-pyrrole nitrogens is 1. The molecule has 35 heavy (non-hydrogen) atoms. The number of aromatic amines is 1. The lowest BCUT2D eigenvalue weighted by molar-refractivity contribution is 0.319. The lowest BCUT2D eigenvalue weighted by Gasteiger charge is -2.31. The molecule has 7 nitrogen and oxygen atoms in total. The zero-order valence-corrected chi connectivity index (χ0v) is 21.2. The summed E-state index contributed by atoms with van der Waals surface area (Å²) in [6.45, 7) is 1.25. The van der Waals surface area contributed by atoms with E-state index in [4.69, 9.17) is 0 Å². The molecule has 0 saturated carbocycles. The Kier molecular flexibility index (Phi) is 7.57. The van der Waals surface area contributed by atoms with Gasteiger partial charge >= 0.3 is 0 Å². The minimum atomic E-state index is -3.78. The standard InChI is InChI=1S/C25H23N5O2S2.ClH/c26-13-19-8-9-25-20(11-19)15-30(34(31,32)24-6-2-1-3-7-24)22(12-23-5-4-10-33-23)17-29(25)16-21-14-27-18-28-21;/h1-11,14,18,22H,12,15-17H2,(H,27,28);1H/t22-;/m1./s1. The molecule has 1 aliphatic rings. The van der Waals surface area contributed by atoms with Gasteiger partial charge in [-0.3, -0.25) is 0 Å². The Morgan fingerprint density at radius 3 is 2.66 bits per heavy atom. The first-order valence-corrected chi connectivity index (χ1v) is 13.2. The first-order valence-electron chi connectivity index (χ1n) is 10.9. The quantitative estimate of drug-likeness (QED) is 0.397. The van der Waals surface area contributed by atoms with E-state index in [-0.39, 0.29) is 29.9 Å². The summed E-state index contributed by atoms with van der Waals surface area (Å²) in [5.74, 6) is 0. The number of rotatable bonds is 6. The Morgan fingerprint density at radius 1 is 1.14 bits per heavy atom. The van der Waals surface area contributed by atoms with Crippen LogP contribution in [0.5, 0.6) is 0 Å². The number of halogens is 1. The van der Waals surface area contributed by atoms with Gasteiger partial charge < -0.3 is 9.88 Å². The molecule has 0 spiro atoms. The van der Waals surface area contributed by atoms with Crippen molar-refractivity contribution in [1.29, 1.82) is 5.26 Å². The van der Waals surface area contributed by atoms with E-state index in [0.29, 0.717) is 25.1 Å². The van der Waals surface area contributed by atoms with Crippen molar-refractivity contribution in [2.45, 2.75) is 30.4 Å². The molecule has 1 N–H and O–H groups in total. The van der Waals surface area contributed by atoms with Gasteiger partial charge in [0, 0.05) is 42.3 Å². The predicted molar refractivity (Wildman–Crippen MR) is 139 cm³/mol. The van der Waals surface area contributed by atoms with Gasteiger partial charge in [-0.15, -0.1) is 23.7 Å². The number of nitrogens with one attached hydrogen (secondary N) is 1. The van der Waals surface area contributed by atoms with Crippen LogP contribution in [0.25, 0.3) is 0 Å². The molecule has 0 bridgehead atoms. The van der Waals surface area contributed by atoms with Gasteiger partial charge in [0.25, 0.3) is 0 Å². The third-order valence-electron chi connectivity index (χ3n) is 6.00. The van der Waals surface area contributed by atoms with E-state index in [0.717, 1.165) is 21.8 Å². The third kappa shape index (κ3) is 5.26. The highest BCUT2D eigenvalue weighted by molar-refractivity contribution is 7.89. The molecule has 0 aliphatic carbocycles. The van der Waals surface area contributed by atoms with Crippen molar-refractivity contribution >= 4 is 39.5 Å². The summed E-state index contributed by atoms with van der Waals surface area (Å²) in [5, 5.41) is 11.5. The monoisotopic (exact) mass is 525 g/mol. The molecular formula is C25H24ClN5O2S2. The second kappa shape index (κ2) is 10.6. The Bertz CT molecular complexity index is 1400. The number of anilines is 1. The first kappa shape index (κ1) is 24.9. The zero-order chi connectivity index (χ0) is 23.5. The molecule has 5 rings (SSSR count). The van der Waals surface area contributed by atoms with Gasteiger partial charge in [0.1, 0.15) is 0 Å². The zero-order valence-electron chi connectivity index (χ0n) is 18.7. The van der Waals surface area contributed by atoms with E-state index < -0.39 is 10.0 Å². The first-order chi connectivity index (χ1) is 16.5. The lowest BCUT2D eigenvalue weighted by Crippen LogP contribution is -2.45. The third-order valence-corrected chi connectivity index (χ3v) is 8.81. The summed E-state index contributed by atoms with van der Waals surface area (Å²) >= 11 is 1.63. The number of fused-ring (bicyclic) bond motifs is 1. The summed E-state index contributed by atoms with van der Waals surface area (Å²) < 4.78 is 29.4. The van der Waals surface area contributed by atoms with Crippen LogP contribution in [0.4, 0.5) is 5.69 Å². The molecule has 0 radical (unpaired) electrons. The maximum absolute atomic E-state index is 13.9. The van der Waals surface area contributed by atoms with Crippen molar-refractivity contribution in [1.82, 2.24) is 14.3 Å². The van der Waals surface area contributed by atoms with Crippen LogP contribution in [-0.4, -0.2) is 35.3 Å². The fraction of sp³-hybridized carbons (Fsp3) is 0.200. The van der Waals surface area contributed by atoms with Gasteiger partial charge in [0.2, 0.25) is 10.0 Å². The van der Waals surface area contributed by atoms with Crippen LogP contribution in [0.2, 0.25) is 0 Å².